The smallest absolute Gasteiger partial charge is 0.415 e. The minimum absolute atomic E-state index is 0.0249. The molecular formula is C19H25FN4O5. The van der Waals surface area contributed by atoms with Gasteiger partial charge in [-0.15, -0.1) is 0 Å². The molecular weight excluding hydrogens is 383 g/mol. The molecule has 1 aromatic rings. The number of ether oxygens (including phenoxy) is 2. The first-order valence-corrected chi connectivity index (χ1v) is 9.28. The largest absolute Gasteiger partial charge is 0.483 e. The SMILES string of the molecule is CNC(=O)[C@H]1CN(c2cc(F)c3c(c2)OCC(=NCCO)N3C(C)(C)C)C(=O)O1. The van der Waals surface area contributed by atoms with Crippen LogP contribution < -0.4 is 19.9 Å². The Morgan fingerprint density at radius 2 is 2.14 bits per heavy atom. The van der Waals surface area contributed by atoms with Gasteiger partial charge in [0.15, 0.2) is 11.9 Å². The number of hydrogen-bond acceptors (Lipinski definition) is 6. The predicted octanol–water partition coefficient (Wildman–Crippen LogP) is 1.28. The van der Waals surface area contributed by atoms with E-state index in [1.54, 1.807) is 11.0 Å². The number of aliphatic hydroxyl groups excluding tert-OH is 1. The maximum atomic E-state index is 15.2. The highest BCUT2D eigenvalue weighted by Crippen LogP contribution is 2.42. The second-order valence-corrected chi connectivity index (χ2v) is 7.69. The van der Waals surface area contributed by atoms with Gasteiger partial charge in [0.2, 0.25) is 0 Å². The Morgan fingerprint density at radius 1 is 1.41 bits per heavy atom. The van der Waals surface area contributed by atoms with E-state index < -0.39 is 29.5 Å². The quantitative estimate of drug-likeness (QED) is 0.778. The third kappa shape index (κ3) is 3.98. The highest BCUT2D eigenvalue weighted by Gasteiger charge is 2.39. The fourth-order valence-electron chi connectivity index (χ4n) is 3.37. The van der Waals surface area contributed by atoms with Crippen molar-refractivity contribution in [3.8, 4) is 5.75 Å². The van der Waals surface area contributed by atoms with Crippen LogP contribution >= 0.6 is 0 Å². The van der Waals surface area contributed by atoms with Crippen molar-refractivity contribution in [3.63, 3.8) is 0 Å². The van der Waals surface area contributed by atoms with E-state index in [1.807, 2.05) is 20.8 Å². The van der Waals surface area contributed by atoms with Crippen molar-refractivity contribution < 1.29 is 28.6 Å². The molecule has 1 atom stereocenters. The fourth-order valence-corrected chi connectivity index (χ4v) is 3.37. The Balaban J connectivity index is 1.99. The van der Waals surface area contributed by atoms with Crippen molar-refractivity contribution in [2.24, 2.45) is 4.99 Å². The molecule has 29 heavy (non-hydrogen) atoms. The number of nitrogens with one attached hydrogen (secondary N) is 1. The van der Waals surface area contributed by atoms with Crippen LogP contribution in [0.3, 0.4) is 0 Å². The van der Waals surface area contributed by atoms with Gasteiger partial charge in [-0.2, -0.15) is 0 Å². The fraction of sp³-hybridized carbons (Fsp3) is 0.526. The molecule has 0 radical (unpaired) electrons. The summed E-state index contributed by atoms with van der Waals surface area (Å²) in [7, 11) is 1.45. The first-order chi connectivity index (χ1) is 13.7. The summed E-state index contributed by atoms with van der Waals surface area (Å²) < 4.78 is 26.0. The van der Waals surface area contributed by atoms with Crippen LogP contribution in [0.5, 0.6) is 5.75 Å². The first kappa shape index (κ1) is 20.8. The van der Waals surface area contributed by atoms with Crippen molar-refractivity contribution in [2.75, 3.05) is 43.2 Å². The van der Waals surface area contributed by atoms with Gasteiger partial charge in [-0.25, -0.2) is 9.18 Å². The minimum Gasteiger partial charge on any atom is -0.483 e. The Bertz CT molecular complexity index is 852. The second-order valence-electron chi connectivity index (χ2n) is 7.69. The first-order valence-electron chi connectivity index (χ1n) is 9.28. The van der Waals surface area contributed by atoms with Crippen LogP contribution in [0.4, 0.5) is 20.6 Å². The number of likely N-dealkylation sites (N-methyl/N-ethyl adjacent to an activating group) is 1. The molecule has 158 valence electrons. The number of halogens is 1. The molecule has 1 aromatic carbocycles. The number of aliphatic imine (C=N–C) groups is 1. The molecule has 2 heterocycles. The summed E-state index contributed by atoms with van der Waals surface area (Å²) in [6, 6.07) is 2.76. The predicted molar refractivity (Wildman–Crippen MR) is 105 cm³/mol. The van der Waals surface area contributed by atoms with E-state index in [0.29, 0.717) is 5.84 Å². The standard InChI is InChI=1S/C19H25FN4O5/c1-19(2,3)24-15(22-5-6-25)10-28-13-8-11(7-12(20)16(13)24)23-9-14(17(26)21-4)29-18(23)27/h7-8,14,25H,5-6,9-10H2,1-4H3,(H,21,26)/t14-/m1/s1. The maximum absolute atomic E-state index is 15.2. The van der Waals surface area contributed by atoms with Crippen molar-refractivity contribution in [2.45, 2.75) is 32.4 Å². The summed E-state index contributed by atoms with van der Waals surface area (Å²) in [5.74, 6) is -0.265. The Kier molecular flexibility index (Phi) is 5.65. The Hall–Kier alpha value is -2.88. The number of cyclic esters (lactones) is 1. The van der Waals surface area contributed by atoms with Crippen LogP contribution in [-0.4, -0.2) is 67.9 Å². The van der Waals surface area contributed by atoms with Gasteiger partial charge in [-0.1, -0.05) is 0 Å². The molecule has 0 bridgehead atoms. The average Bonchev–Trinajstić information content (AvgIpc) is 3.06. The van der Waals surface area contributed by atoms with Crippen molar-refractivity contribution in [3.05, 3.63) is 17.9 Å². The van der Waals surface area contributed by atoms with E-state index in [2.05, 4.69) is 10.3 Å². The van der Waals surface area contributed by atoms with Gasteiger partial charge >= 0.3 is 6.09 Å². The van der Waals surface area contributed by atoms with Crippen LogP contribution in [0.25, 0.3) is 0 Å². The number of nitrogens with zero attached hydrogens (tertiary/aromatic N) is 3. The van der Waals surface area contributed by atoms with E-state index >= 15 is 4.39 Å². The number of benzene rings is 1. The number of rotatable bonds is 4. The zero-order chi connectivity index (χ0) is 21.3. The molecule has 0 unspecified atom stereocenters. The topological polar surface area (TPSA) is 104 Å². The zero-order valence-corrected chi connectivity index (χ0v) is 16.9. The lowest BCUT2D eigenvalue weighted by atomic mass is 10.0. The molecule has 0 spiro atoms. The highest BCUT2D eigenvalue weighted by molar-refractivity contribution is 6.04. The van der Waals surface area contributed by atoms with Gasteiger partial charge in [0.25, 0.3) is 5.91 Å². The molecule has 2 aliphatic rings. The van der Waals surface area contributed by atoms with E-state index in [0.717, 1.165) is 0 Å². The van der Waals surface area contributed by atoms with Crippen LogP contribution in [0.1, 0.15) is 20.8 Å². The van der Waals surface area contributed by atoms with Crippen molar-refractivity contribution in [1.29, 1.82) is 0 Å². The number of carbonyl (C=O) groups is 2. The van der Waals surface area contributed by atoms with Gasteiger partial charge in [0.05, 0.1) is 25.4 Å². The summed E-state index contributed by atoms with van der Waals surface area (Å²) >= 11 is 0. The number of aliphatic hydroxyl groups is 1. The highest BCUT2D eigenvalue weighted by atomic mass is 19.1. The van der Waals surface area contributed by atoms with Gasteiger partial charge in [-0.05, 0) is 20.8 Å². The third-order valence-corrected chi connectivity index (χ3v) is 4.58. The van der Waals surface area contributed by atoms with E-state index in [-0.39, 0.29) is 43.4 Å². The minimum atomic E-state index is -0.962. The number of hydrogen-bond donors (Lipinski definition) is 2. The molecule has 2 N–H and O–H groups in total. The summed E-state index contributed by atoms with van der Waals surface area (Å²) in [5, 5.41) is 11.5. The Labute approximate surface area is 168 Å². The molecule has 0 aliphatic carbocycles. The molecule has 2 amide bonds. The average molecular weight is 408 g/mol. The van der Waals surface area contributed by atoms with Gasteiger partial charge in [-0.3, -0.25) is 14.7 Å². The number of fused-ring (bicyclic) bond motifs is 1. The summed E-state index contributed by atoms with van der Waals surface area (Å²) in [6.07, 6.45) is -1.69. The normalized spacial score (nSPS) is 20.4. The molecule has 1 fully saturated rings. The molecule has 1 saturated heterocycles. The summed E-state index contributed by atoms with van der Waals surface area (Å²) in [5.41, 5.74) is -0.0617. The molecule has 0 aromatic heterocycles. The van der Waals surface area contributed by atoms with Gasteiger partial charge in [0.1, 0.15) is 23.9 Å². The molecule has 2 aliphatic heterocycles. The lowest BCUT2D eigenvalue weighted by Gasteiger charge is -2.42. The number of anilines is 2. The monoisotopic (exact) mass is 408 g/mol. The van der Waals surface area contributed by atoms with Crippen LogP contribution in [0.15, 0.2) is 17.1 Å². The summed E-state index contributed by atoms with van der Waals surface area (Å²) in [6.45, 7) is 5.86. The molecule has 9 nitrogen and oxygen atoms in total. The lowest BCUT2D eigenvalue weighted by molar-refractivity contribution is -0.127. The van der Waals surface area contributed by atoms with Crippen LogP contribution in [0.2, 0.25) is 0 Å². The molecule has 3 rings (SSSR count). The van der Waals surface area contributed by atoms with Gasteiger partial charge in [0, 0.05) is 24.7 Å². The number of amidine groups is 1. The maximum Gasteiger partial charge on any atom is 0.415 e. The van der Waals surface area contributed by atoms with E-state index in [4.69, 9.17) is 14.6 Å². The molecule has 0 saturated carbocycles. The van der Waals surface area contributed by atoms with Crippen LogP contribution in [-0.2, 0) is 9.53 Å². The van der Waals surface area contributed by atoms with Crippen molar-refractivity contribution >= 4 is 29.2 Å². The van der Waals surface area contributed by atoms with Gasteiger partial charge < -0.3 is 24.8 Å². The van der Waals surface area contributed by atoms with E-state index in [1.165, 1.54) is 18.0 Å². The zero-order valence-electron chi connectivity index (χ0n) is 16.9. The Morgan fingerprint density at radius 3 is 2.76 bits per heavy atom. The third-order valence-electron chi connectivity index (χ3n) is 4.58. The van der Waals surface area contributed by atoms with Crippen LogP contribution in [0, 0.1) is 5.82 Å². The van der Waals surface area contributed by atoms with E-state index in [9.17, 15) is 9.59 Å². The lowest BCUT2D eigenvalue weighted by Crippen LogP contribution is -2.51. The second kappa shape index (κ2) is 7.86. The summed E-state index contributed by atoms with van der Waals surface area (Å²) in [4.78, 5) is 31.2. The molecule has 10 heteroatoms. The number of carbonyl (C=O) groups excluding carboxylic acids is 2. The number of amides is 2. The van der Waals surface area contributed by atoms with Crippen molar-refractivity contribution in [1.82, 2.24) is 5.32 Å².